The van der Waals surface area contributed by atoms with E-state index in [0.717, 1.165) is 18.7 Å². The molecule has 7 nitrogen and oxygen atoms in total. The van der Waals surface area contributed by atoms with Crippen molar-refractivity contribution in [2.24, 2.45) is 7.05 Å². The Labute approximate surface area is 164 Å². The maximum absolute atomic E-state index is 14.1. The quantitative estimate of drug-likeness (QED) is 0.585. The Hall–Kier alpha value is -3.25. The Bertz CT molecular complexity index is 1020. The number of carbonyl (C=O) groups excluding carboxylic acids is 2. The largest absolute Gasteiger partial charge is 0.471 e. The SMILES string of the molecule is COC(=O)[C@@](NC(=O)C(F)(F)F)(c1c(C)n(C)n(-c2ccccc2)c1=O)C(F)(F)F. The van der Waals surface area contributed by atoms with E-state index in [0.29, 0.717) is 17.1 Å². The van der Waals surface area contributed by atoms with E-state index in [2.05, 4.69) is 4.74 Å². The number of hydrogen-bond acceptors (Lipinski definition) is 4. The van der Waals surface area contributed by atoms with Gasteiger partial charge in [0.2, 0.25) is 0 Å². The number of aromatic nitrogens is 2. The van der Waals surface area contributed by atoms with Gasteiger partial charge in [0.15, 0.2) is 0 Å². The summed E-state index contributed by atoms with van der Waals surface area (Å²) in [7, 11) is 1.65. The number of halogens is 6. The van der Waals surface area contributed by atoms with Crippen LogP contribution in [-0.2, 0) is 26.9 Å². The molecule has 0 spiro atoms. The molecule has 1 heterocycles. The van der Waals surface area contributed by atoms with E-state index in [4.69, 9.17) is 0 Å². The van der Waals surface area contributed by atoms with Crippen LogP contribution >= 0.6 is 0 Å². The molecule has 30 heavy (non-hydrogen) atoms. The van der Waals surface area contributed by atoms with E-state index in [1.165, 1.54) is 24.3 Å². The summed E-state index contributed by atoms with van der Waals surface area (Å²) >= 11 is 0. The van der Waals surface area contributed by atoms with Crippen molar-refractivity contribution in [1.82, 2.24) is 14.7 Å². The summed E-state index contributed by atoms with van der Waals surface area (Å²) in [5.41, 5.74) is -7.73. The smallest absolute Gasteiger partial charge is 0.467 e. The lowest BCUT2D eigenvalue weighted by Gasteiger charge is -2.33. The molecule has 1 atom stereocenters. The minimum Gasteiger partial charge on any atom is -0.467 e. The highest BCUT2D eigenvalue weighted by Crippen LogP contribution is 2.41. The molecule has 0 bridgehead atoms. The number of para-hydroxylation sites is 1. The minimum absolute atomic E-state index is 0.0717. The van der Waals surface area contributed by atoms with E-state index in [1.807, 2.05) is 0 Å². The zero-order chi connectivity index (χ0) is 23.1. The van der Waals surface area contributed by atoms with Crippen molar-refractivity contribution in [3.05, 3.63) is 51.9 Å². The molecule has 0 fully saturated rings. The summed E-state index contributed by atoms with van der Waals surface area (Å²) in [5.74, 6) is -5.38. The number of alkyl halides is 6. The molecule has 1 aromatic heterocycles. The molecule has 0 aliphatic heterocycles. The van der Waals surface area contributed by atoms with Gasteiger partial charge in [0.1, 0.15) is 0 Å². The van der Waals surface area contributed by atoms with Crippen LogP contribution in [0, 0.1) is 6.92 Å². The van der Waals surface area contributed by atoms with Crippen LogP contribution in [0.5, 0.6) is 0 Å². The second-order valence-corrected chi connectivity index (χ2v) is 6.13. The highest BCUT2D eigenvalue weighted by molar-refractivity contribution is 5.92. The lowest BCUT2D eigenvalue weighted by molar-refractivity contribution is -0.223. The molecule has 2 aromatic rings. The van der Waals surface area contributed by atoms with Gasteiger partial charge in [-0.15, -0.1) is 0 Å². The summed E-state index contributed by atoms with van der Waals surface area (Å²) in [5, 5.41) is 0.661. The molecule has 0 unspecified atom stereocenters. The topological polar surface area (TPSA) is 82.3 Å². The fraction of sp³-hybridized carbons (Fsp3) is 0.353. The third-order valence-electron chi connectivity index (χ3n) is 4.40. The van der Waals surface area contributed by atoms with Crippen LogP contribution in [0.2, 0.25) is 0 Å². The van der Waals surface area contributed by atoms with Crippen molar-refractivity contribution < 1.29 is 40.7 Å². The summed E-state index contributed by atoms with van der Waals surface area (Å²) in [6, 6.07) is 7.20. The van der Waals surface area contributed by atoms with Gasteiger partial charge in [0.05, 0.1) is 18.4 Å². The summed E-state index contributed by atoms with van der Waals surface area (Å²) in [4.78, 5) is 36.6. The fourth-order valence-corrected chi connectivity index (χ4v) is 2.94. The number of methoxy groups -OCH3 is 1. The monoisotopic (exact) mass is 439 g/mol. The second-order valence-electron chi connectivity index (χ2n) is 6.13. The van der Waals surface area contributed by atoms with Crippen LogP contribution in [-0.4, -0.2) is 40.7 Å². The van der Waals surface area contributed by atoms with Crippen LogP contribution < -0.4 is 10.9 Å². The van der Waals surface area contributed by atoms with Gasteiger partial charge in [-0.3, -0.25) is 14.3 Å². The first-order chi connectivity index (χ1) is 13.7. The lowest BCUT2D eigenvalue weighted by atomic mass is 9.88. The Morgan fingerprint density at radius 3 is 2.00 bits per heavy atom. The average Bonchev–Trinajstić information content (AvgIpc) is 2.87. The number of carbonyl (C=O) groups is 2. The Morgan fingerprint density at radius 2 is 1.57 bits per heavy atom. The summed E-state index contributed by atoms with van der Waals surface area (Å²) in [6.07, 6.45) is -11.6. The van der Waals surface area contributed by atoms with Gasteiger partial charge in [-0.2, -0.15) is 26.3 Å². The lowest BCUT2D eigenvalue weighted by Crippen LogP contribution is -2.65. The van der Waals surface area contributed by atoms with Crippen LogP contribution in [0.15, 0.2) is 35.1 Å². The molecule has 0 radical (unpaired) electrons. The summed E-state index contributed by atoms with van der Waals surface area (Å²) < 4.78 is 86.4. The third-order valence-corrected chi connectivity index (χ3v) is 4.40. The molecule has 1 amide bonds. The molecule has 0 aliphatic rings. The van der Waals surface area contributed by atoms with Crippen LogP contribution in [0.3, 0.4) is 0 Å². The number of nitrogens with one attached hydrogen (secondary N) is 1. The minimum atomic E-state index is -5.86. The van der Waals surface area contributed by atoms with E-state index in [1.54, 1.807) is 6.07 Å². The van der Waals surface area contributed by atoms with Crippen LogP contribution in [0.1, 0.15) is 11.3 Å². The fourth-order valence-electron chi connectivity index (χ4n) is 2.94. The van der Waals surface area contributed by atoms with Gasteiger partial charge in [-0.25, -0.2) is 9.48 Å². The molecule has 164 valence electrons. The van der Waals surface area contributed by atoms with Crippen molar-refractivity contribution in [2.75, 3.05) is 7.11 Å². The first-order valence-corrected chi connectivity index (χ1v) is 8.09. The maximum Gasteiger partial charge on any atom is 0.471 e. The molecule has 1 aromatic carbocycles. The molecular formula is C17H15F6N3O4. The second kappa shape index (κ2) is 7.54. The standard InChI is InChI=1S/C17H15F6N3O4/c1-9-11(12(27)26(25(9)2)10-7-5-4-6-8-10)15(14(29)30-3,17(21,22)23)24-13(28)16(18,19)20/h4-8H,1-3H3,(H,24,28)/t15-/m0/s1. The molecular weight excluding hydrogens is 424 g/mol. The number of esters is 1. The first kappa shape index (κ1) is 23.0. The zero-order valence-corrected chi connectivity index (χ0v) is 15.7. The number of rotatable bonds is 4. The van der Waals surface area contributed by atoms with Crippen molar-refractivity contribution in [2.45, 2.75) is 24.8 Å². The molecule has 0 saturated heterocycles. The van der Waals surface area contributed by atoms with Gasteiger partial charge >= 0.3 is 24.2 Å². The van der Waals surface area contributed by atoms with E-state index in [9.17, 15) is 40.7 Å². The number of nitrogens with zero attached hydrogens (tertiary/aromatic N) is 2. The summed E-state index contributed by atoms with van der Waals surface area (Å²) in [6.45, 7) is 0.985. The van der Waals surface area contributed by atoms with Gasteiger partial charge < -0.3 is 10.1 Å². The predicted octanol–water partition coefficient (Wildman–Crippen LogP) is 2.09. The van der Waals surface area contributed by atoms with Crippen LogP contribution in [0.25, 0.3) is 5.69 Å². The van der Waals surface area contributed by atoms with Crippen molar-refractivity contribution in [1.29, 1.82) is 0 Å². The Morgan fingerprint density at radius 1 is 1.03 bits per heavy atom. The normalized spacial score (nSPS) is 14.2. The number of benzene rings is 1. The van der Waals surface area contributed by atoms with Crippen molar-refractivity contribution >= 4 is 11.9 Å². The number of amides is 1. The zero-order valence-electron chi connectivity index (χ0n) is 15.7. The van der Waals surface area contributed by atoms with Crippen LogP contribution in [0.4, 0.5) is 26.3 Å². The highest BCUT2D eigenvalue weighted by Gasteiger charge is 2.68. The van der Waals surface area contributed by atoms with E-state index < -0.39 is 46.6 Å². The molecule has 1 N–H and O–H groups in total. The van der Waals surface area contributed by atoms with E-state index >= 15 is 0 Å². The highest BCUT2D eigenvalue weighted by atomic mass is 19.4. The maximum atomic E-state index is 14.1. The number of ether oxygens (including phenoxy) is 1. The van der Waals surface area contributed by atoms with Gasteiger partial charge in [0, 0.05) is 12.7 Å². The molecule has 0 aliphatic carbocycles. The molecule has 13 heteroatoms. The Kier molecular flexibility index (Phi) is 5.79. The predicted molar refractivity (Wildman–Crippen MR) is 89.7 cm³/mol. The van der Waals surface area contributed by atoms with Gasteiger partial charge in [0.25, 0.3) is 11.1 Å². The average molecular weight is 439 g/mol. The van der Waals surface area contributed by atoms with Crippen molar-refractivity contribution in [3.63, 3.8) is 0 Å². The molecule has 0 saturated carbocycles. The van der Waals surface area contributed by atoms with Gasteiger partial charge in [-0.05, 0) is 19.1 Å². The molecule has 2 rings (SSSR count). The third kappa shape index (κ3) is 3.55. The first-order valence-electron chi connectivity index (χ1n) is 8.09. The number of hydrogen-bond donors (Lipinski definition) is 1. The van der Waals surface area contributed by atoms with Gasteiger partial charge in [-0.1, -0.05) is 18.2 Å². The van der Waals surface area contributed by atoms with E-state index in [-0.39, 0.29) is 5.69 Å². The van der Waals surface area contributed by atoms with Crippen molar-refractivity contribution in [3.8, 4) is 5.69 Å². The Balaban J connectivity index is 2.95.